The van der Waals surface area contributed by atoms with Crippen molar-refractivity contribution in [2.45, 2.75) is 27.2 Å². The second kappa shape index (κ2) is 4.63. The van der Waals surface area contributed by atoms with Crippen molar-refractivity contribution >= 4 is 32.5 Å². The maximum atomic E-state index is 5.68. The Bertz CT molecular complexity index is 579. The van der Waals surface area contributed by atoms with Crippen LogP contribution in [0.2, 0.25) is 0 Å². The summed E-state index contributed by atoms with van der Waals surface area (Å²) >= 11 is 3.58. The molecule has 17 heavy (non-hydrogen) atoms. The van der Waals surface area contributed by atoms with Crippen molar-refractivity contribution in [3.05, 3.63) is 33.4 Å². The molecule has 1 aromatic heterocycles. The molecule has 0 fully saturated rings. The van der Waals surface area contributed by atoms with Crippen molar-refractivity contribution in [1.29, 1.82) is 0 Å². The minimum absolute atomic E-state index is 0.911. The van der Waals surface area contributed by atoms with Gasteiger partial charge in [-0.3, -0.25) is 10.8 Å². The van der Waals surface area contributed by atoms with E-state index >= 15 is 0 Å². The number of benzene rings is 1. The monoisotopic (exact) mass is 293 g/mol. The lowest BCUT2D eigenvalue weighted by Crippen LogP contribution is -2.12. The van der Waals surface area contributed by atoms with Crippen molar-refractivity contribution < 1.29 is 0 Å². The Hall–Kier alpha value is -1.13. The maximum Gasteiger partial charge on any atom is 0.0767 e. The van der Waals surface area contributed by atoms with Crippen LogP contribution >= 0.6 is 15.9 Å². The minimum atomic E-state index is 0.911. The van der Waals surface area contributed by atoms with Crippen LogP contribution < -0.4 is 11.3 Å². The van der Waals surface area contributed by atoms with Gasteiger partial charge in [-0.25, -0.2) is 0 Å². The summed E-state index contributed by atoms with van der Waals surface area (Å²) in [7, 11) is 0. The highest BCUT2D eigenvalue weighted by atomic mass is 79.9. The SMILES string of the molecule is CCc1c(C)nc2c(C)ccc(Br)c2c1NN. The topological polar surface area (TPSA) is 50.9 Å². The highest BCUT2D eigenvalue weighted by Gasteiger charge is 2.14. The van der Waals surface area contributed by atoms with E-state index in [-0.39, 0.29) is 0 Å². The van der Waals surface area contributed by atoms with Crippen LogP contribution in [0.3, 0.4) is 0 Å². The van der Waals surface area contributed by atoms with E-state index in [1.165, 1.54) is 5.56 Å². The molecule has 3 nitrogen and oxygen atoms in total. The number of hydrazine groups is 1. The van der Waals surface area contributed by atoms with Gasteiger partial charge >= 0.3 is 0 Å². The molecule has 1 heterocycles. The predicted octanol–water partition coefficient (Wildman–Crippen LogP) is 3.46. The van der Waals surface area contributed by atoms with Gasteiger partial charge in [0.15, 0.2) is 0 Å². The summed E-state index contributed by atoms with van der Waals surface area (Å²) in [5.41, 5.74) is 8.17. The summed E-state index contributed by atoms with van der Waals surface area (Å²) in [5, 5.41) is 1.06. The number of anilines is 1. The zero-order chi connectivity index (χ0) is 12.6. The van der Waals surface area contributed by atoms with Crippen LogP contribution in [0.4, 0.5) is 5.69 Å². The van der Waals surface area contributed by atoms with E-state index in [4.69, 9.17) is 5.84 Å². The molecule has 0 bridgehead atoms. The molecule has 0 saturated carbocycles. The van der Waals surface area contributed by atoms with E-state index in [0.717, 1.165) is 38.7 Å². The molecule has 2 aromatic rings. The fourth-order valence-corrected chi connectivity index (χ4v) is 2.73. The summed E-state index contributed by atoms with van der Waals surface area (Å²) in [6.45, 7) is 6.20. The summed E-state index contributed by atoms with van der Waals surface area (Å²) in [4.78, 5) is 4.69. The zero-order valence-electron chi connectivity index (χ0n) is 10.3. The fraction of sp³-hybridized carbons (Fsp3) is 0.308. The Morgan fingerprint density at radius 3 is 2.65 bits per heavy atom. The quantitative estimate of drug-likeness (QED) is 0.658. The number of nitrogens with two attached hydrogens (primary N) is 1. The lowest BCUT2D eigenvalue weighted by molar-refractivity contribution is 1.06. The van der Waals surface area contributed by atoms with Crippen LogP contribution in [-0.2, 0) is 6.42 Å². The number of rotatable bonds is 2. The number of aryl methyl sites for hydroxylation is 2. The van der Waals surface area contributed by atoms with Gasteiger partial charge in [0.1, 0.15) is 0 Å². The van der Waals surface area contributed by atoms with E-state index in [0.29, 0.717) is 0 Å². The molecule has 0 unspecified atom stereocenters. The van der Waals surface area contributed by atoms with Crippen molar-refractivity contribution in [3.63, 3.8) is 0 Å². The van der Waals surface area contributed by atoms with Gasteiger partial charge in [0.2, 0.25) is 0 Å². The van der Waals surface area contributed by atoms with Crippen molar-refractivity contribution in [2.24, 2.45) is 5.84 Å². The molecule has 1 aromatic carbocycles. The smallest absolute Gasteiger partial charge is 0.0767 e. The first kappa shape index (κ1) is 12.3. The van der Waals surface area contributed by atoms with Crippen molar-refractivity contribution in [3.8, 4) is 0 Å². The van der Waals surface area contributed by atoms with Crippen molar-refractivity contribution in [1.82, 2.24) is 4.98 Å². The van der Waals surface area contributed by atoms with E-state index in [2.05, 4.69) is 46.3 Å². The minimum Gasteiger partial charge on any atom is -0.323 e. The largest absolute Gasteiger partial charge is 0.323 e. The first-order chi connectivity index (χ1) is 8.10. The van der Waals surface area contributed by atoms with Gasteiger partial charge < -0.3 is 5.43 Å². The van der Waals surface area contributed by atoms with Crippen LogP contribution in [0.25, 0.3) is 10.9 Å². The van der Waals surface area contributed by atoms with E-state index in [1.807, 2.05) is 13.0 Å². The number of pyridine rings is 1. The lowest BCUT2D eigenvalue weighted by atomic mass is 10.0. The molecule has 0 aliphatic carbocycles. The van der Waals surface area contributed by atoms with Crippen LogP contribution in [-0.4, -0.2) is 4.98 Å². The van der Waals surface area contributed by atoms with Gasteiger partial charge in [-0.1, -0.05) is 28.9 Å². The first-order valence-corrected chi connectivity index (χ1v) is 6.44. The number of nitrogen functional groups attached to an aromatic ring is 1. The number of nitrogens with one attached hydrogen (secondary N) is 1. The van der Waals surface area contributed by atoms with Crippen molar-refractivity contribution in [2.75, 3.05) is 5.43 Å². The molecular weight excluding hydrogens is 278 g/mol. The van der Waals surface area contributed by atoms with Crippen LogP contribution in [0.15, 0.2) is 16.6 Å². The van der Waals surface area contributed by atoms with E-state index in [1.54, 1.807) is 0 Å². The molecule has 0 atom stereocenters. The normalized spacial score (nSPS) is 10.9. The summed E-state index contributed by atoms with van der Waals surface area (Å²) in [6.07, 6.45) is 0.911. The average Bonchev–Trinajstić information content (AvgIpc) is 2.32. The molecule has 0 aliphatic rings. The third-order valence-corrected chi connectivity index (χ3v) is 3.76. The number of nitrogens with zero attached hydrogens (tertiary/aromatic N) is 1. The maximum absolute atomic E-state index is 5.68. The summed E-state index contributed by atoms with van der Waals surface area (Å²) in [5.74, 6) is 5.68. The molecule has 90 valence electrons. The van der Waals surface area contributed by atoms with Crippen LogP contribution in [0.5, 0.6) is 0 Å². The molecule has 2 rings (SSSR count). The third-order valence-electron chi connectivity index (χ3n) is 3.09. The van der Waals surface area contributed by atoms with Crippen LogP contribution in [0, 0.1) is 13.8 Å². The molecule has 4 heteroatoms. The van der Waals surface area contributed by atoms with Gasteiger partial charge in [-0.05, 0) is 37.5 Å². The molecule has 0 saturated heterocycles. The number of halogens is 1. The fourth-order valence-electron chi connectivity index (χ4n) is 2.21. The molecule has 0 aliphatic heterocycles. The molecule has 0 radical (unpaired) electrons. The molecule has 0 spiro atoms. The number of hydrogen-bond donors (Lipinski definition) is 2. The summed E-state index contributed by atoms with van der Waals surface area (Å²) in [6, 6.07) is 4.10. The average molecular weight is 294 g/mol. The highest BCUT2D eigenvalue weighted by Crippen LogP contribution is 2.35. The Labute approximate surface area is 110 Å². The number of aromatic nitrogens is 1. The van der Waals surface area contributed by atoms with Gasteiger partial charge in [0.25, 0.3) is 0 Å². The molecule has 0 amide bonds. The van der Waals surface area contributed by atoms with Gasteiger partial charge in [0.05, 0.1) is 11.2 Å². The third kappa shape index (κ3) is 1.91. The second-order valence-corrected chi connectivity index (χ2v) is 4.99. The van der Waals surface area contributed by atoms with E-state index < -0.39 is 0 Å². The summed E-state index contributed by atoms with van der Waals surface area (Å²) < 4.78 is 1.02. The lowest BCUT2D eigenvalue weighted by Gasteiger charge is -2.15. The standard InChI is InChI=1S/C13H16BrN3/c1-4-9-8(3)16-12-7(2)5-6-10(14)11(12)13(9)17-15/h5-6H,4,15H2,1-3H3,(H,16,17). The predicted molar refractivity (Wildman–Crippen MR) is 76.1 cm³/mol. The van der Waals surface area contributed by atoms with Gasteiger partial charge in [0, 0.05) is 15.6 Å². The van der Waals surface area contributed by atoms with Gasteiger partial charge in [-0.2, -0.15) is 0 Å². The second-order valence-electron chi connectivity index (χ2n) is 4.14. The first-order valence-electron chi connectivity index (χ1n) is 5.65. The Morgan fingerprint density at radius 2 is 2.06 bits per heavy atom. The zero-order valence-corrected chi connectivity index (χ0v) is 11.9. The molecule has 3 N–H and O–H groups in total. The Morgan fingerprint density at radius 1 is 1.35 bits per heavy atom. The molecular formula is C13H16BrN3. The Kier molecular flexibility index (Phi) is 3.35. The number of fused-ring (bicyclic) bond motifs is 1. The van der Waals surface area contributed by atoms with E-state index in [9.17, 15) is 0 Å². The van der Waals surface area contributed by atoms with Gasteiger partial charge in [-0.15, -0.1) is 0 Å². The Balaban J connectivity index is 2.98. The highest BCUT2D eigenvalue weighted by molar-refractivity contribution is 9.10. The van der Waals surface area contributed by atoms with Crippen LogP contribution in [0.1, 0.15) is 23.7 Å². The number of hydrogen-bond acceptors (Lipinski definition) is 3.